The second kappa shape index (κ2) is 11.4. The average molecular weight is 603 g/mol. The van der Waals surface area contributed by atoms with Crippen molar-refractivity contribution >= 4 is 55.4 Å². The van der Waals surface area contributed by atoms with E-state index in [1.165, 1.54) is 24.7 Å². The van der Waals surface area contributed by atoms with E-state index >= 15 is 0 Å². The highest BCUT2D eigenvalue weighted by molar-refractivity contribution is 6.21. The molecule has 0 unspecified atom stereocenters. The lowest BCUT2D eigenvalue weighted by atomic mass is 9.97. The van der Waals surface area contributed by atoms with Crippen molar-refractivity contribution in [1.82, 2.24) is 9.97 Å². The van der Waals surface area contributed by atoms with E-state index in [2.05, 4.69) is 24.5 Å². The van der Waals surface area contributed by atoms with Crippen LogP contribution in [0.1, 0.15) is 38.9 Å². The van der Waals surface area contributed by atoms with Gasteiger partial charge in [-0.2, -0.15) is 26.3 Å². The summed E-state index contributed by atoms with van der Waals surface area (Å²) in [5.41, 5.74) is -2.95. The predicted octanol–water partition coefficient (Wildman–Crippen LogP) is 5.92. The number of furan rings is 1. The van der Waals surface area contributed by atoms with Gasteiger partial charge in [0.05, 0.1) is 63.9 Å². The molecule has 0 saturated carbocycles. The zero-order valence-electron chi connectivity index (χ0n) is 27.3. The van der Waals surface area contributed by atoms with Crippen LogP contribution < -0.4 is 10.4 Å². The van der Waals surface area contributed by atoms with E-state index in [-0.39, 0.29) is 43.9 Å². The van der Waals surface area contributed by atoms with Gasteiger partial charge in [0.25, 0.3) is 0 Å². The number of hydrogen-bond acceptors (Lipinski definition) is 8. The highest BCUT2D eigenvalue weighted by Gasteiger charge is 2.18. The van der Waals surface area contributed by atoms with Crippen LogP contribution in [0.25, 0.3) is 58.6 Å². The lowest BCUT2D eigenvalue weighted by Crippen LogP contribution is -2.09. The first-order valence-electron chi connectivity index (χ1n) is 15.0. The van der Waals surface area contributed by atoms with E-state index in [0.717, 1.165) is 0 Å². The molecule has 0 spiro atoms. The Morgan fingerprint density at radius 3 is 1.98 bits per heavy atom. The quantitative estimate of drug-likeness (QED) is 0.174. The summed E-state index contributed by atoms with van der Waals surface area (Å²) in [7, 11) is 0. The average Bonchev–Trinajstić information content (AvgIpc) is 3.65. The summed E-state index contributed by atoms with van der Waals surface area (Å²) in [6, 6.07) is 11.3. The Morgan fingerprint density at radius 1 is 0.745 bits per heavy atom. The SMILES string of the molecule is [2H]c1c(C#N)c([N+]#[C-])c([N+]#[C-])c([2H])c1/C(C#N)=c1/cnc2c(c1)c1ccoc1c1c/c(=C(\[N+]#[C-])c3c([2H])c(C#N)c(C#N)c(C#N)c3[2H])cnc12. The largest absolute Gasteiger partial charge is 0.464 e. The van der Waals surface area contributed by atoms with Crippen LogP contribution in [0.4, 0.5) is 11.4 Å². The maximum atomic E-state index is 10.2. The smallest absolute Gasteiger partial charge is 0.211 e. The third-order valence-electron chi connectivity index (χ3n) is 7.10. The normalized spacial score (nSPS) is 12.7. The molecule has 11 heteroatoms. The second-order valence-electron chi connectivity index (χ2n) is 9.47. The standard InChI is InChI=1S/C36H10N10O/c1-42-31-11-19(6-23(14-39)33(31)44-3)29(15-40)24-9-27-26-4-5-47-36(26)28-10-25(18-46-35(28)34(27)45-17-24)32(43-2)20-7-21(12-37)30(16-41)22(8-20)13-38/h4-11,17-18H/b29-24+,32-25+/i6D,7D,8D,11D. The highest BCUT2D eigenvalue weighted by Crippen LogP contribution is 2.36. The molecule has 0 saturated heterocycles. The lowest BCUT2D eigenvalue weighted by molar-refractivity contribution is 0.619. The first-order chi connectivity index (χ1) is 24.6. The van der Waals surface area contributed by atoms with Gasteiger partial charge in [-0.25, -0.2) is 9.69 Å². The van der Waals surface area contributed by atoms with Gasteiger partial charge in [0.15, 0.2) is 5.69 Å². The summed E-state index contributed by atoms with van der Waals surface area (Å²) < 4.78 is 40.2. The molecular formula is C36H10N10O. The predicted molar refractivity (Wildman–Crippen MR) is 168 cm³/mol. The number of rotatable bonds is 2. The van der Waals surface area contributed by atoms with Crippen molar-refractivity contribution in [3.63, 3.8) is 0 Å². The molecule has 0 amide bonds. The molecule has 0 N–H and O–H groups in total. The van der Waals surface area contributed by atoms with Crippen molar-refractivity contribution in [3.05, 3.63) is 139 Å². The minimum atomic E-state index is -0.564. The molecule has 0 aliphatic heterocycles. The van der Waals surface area contributed by atoms with E-state index in [4.69, 9.17) is 29.6 Å². The number of nitrogens with zero attached hydrogens (tertiary/aromatic N) is 10. The molecule has 0 fully saturated rings. The Balaban J connectivity index is 1.71. The van der Waals surface area contributed by atoms with Gasteiger partial charge in [0.2, 0.25) is 11.4 Å². The number of fused-ring (bicyclic) bond motifs is 6. The minimum absolute atomic E-state index is 0.114. The summed E-state index contributed by atoms with van der Waals surface area (Å²) in [5, 5.41) is 50.3. The van der Waals surface area contributed by atoms with Gasteiger partial charge in [-0.1, -0.05) is 12.1 Å². The molecule has 3 aromatic carbocycles. The van der Waals surface area contributed by atoms with Crippen LogP contribution in [0.2, 0.25) is 0 Å². The molecule has 3 aromatic heterocycles. The van der Waals surface area contributed by atoms with Crippen LogP contribution in [0.5, 0.6) is 0 Å². The summed E-state index contributed by atoms with van der Waals surface area (Å²) in [6.45, 7) is 22.8. The van der Waals surface area contributed by atoms with Crippen molar-refractivity contribution in [3.8, 4) is 30.3 Å². The van der Waals surface area contributed by atoms with Gasteiger partial charge in [-0.3, -0.25) is 14.8 Å². The monoisotopic (exact) mass is 602 g/mol. The van der Waals surface area contributed by atoms with Gasteiger partial charge >= 0.3 is 0 Å². The van der Waals surface area contributed by atoms with Gasteiger partial charge in [-0.15, -0.1) is 0 Å². The highest BCUT2D eigenvalue weighted by atomic mass is 16.3. The second-order valence-corrected chi connectivity index (χ2v) is 9.47. The van der Waals surface area contributed by atoms with Crippen molar-refractivity contribution in [2.75, 3.05) is 0 Å². The molecule has 0 bridgehead atoms. The minimum Gasteiger partial charge on any atom is -0.464 e. The molecule has 3 heterocycles. The summed E-state index contributed by atoms with van der Waals surface area (Å²) >= 11 is 0. The first-order valence-corrected chi connectivity index (χ1v) is 13.0. The Labute approximate surface area is 270 Å². The summed E-state index contributed by atoms with van der Waals surface area (Å²) in [6.07, 6.45) is 3.97. The van der Waals surface area contributed by atoms with Crippen molar-refractivity contribution in [1.29, 1.82) is 26.3 Å². The fourth-order valence-corrected chi connectivity index (χ4v) is 5.05. The Hall–Kier alpha value is -8.32. The van der Waals surface area contributed by atoms with Gasteiger partial charge in [-0.05, 0) is 41.4 Å². The lowest BCUT2D eigenvalue weighted by Gasteiger charge is -2.08. The van der Waals surface area contributed by atoms with E-state index in [0.29, 0.717) is 21.7 Å². The Bertz CT molecular complexity index is 2840. The molecule has 6 aromatic rings. The molecule has 6 rings (SSSR count). The molecule has 11 nitrogen and oxygen atoms in total. The Kier molecular flexibility index (Phi) is 5.86. The summed E-state index contributed by atoms with van der Waals surface area (Å²) in [4.78, 5) is 19.0. The zero-order valence-corrected chi connectivity index (χ0v) is 23.3. The summed E-state index contributed by atoms with van der Waals surface area (Å²) in [5.74, 6) is 0. The third kappa shape index (κ3) is 4.46. The number of hydrogen-bond donors (Lipinski definition) is 0. The van der Waals surface area contributed by atoms with Crippen molar-refractivity contribution < 1.29 is 9.90 Å². The zero-order chi connectivity index (χ0) is 36.7. The molecule has 0 aliphatic carbocycles. The first kappa shape index (κ1) is 24.2. The molecule has 0 aliphatic rings. The van der Waals surface area contributed by atoms with Crippen LogP contribution in [-0.2, 0) is 0 Å². The van der Waals surface area contributed by atoms with Crippen LogP contribution in [0.3, 0.4) is 0 Å². The number of pyridine rings is 2. The van der Waals surface area contributed by atoms with Crippen LogP contribution in [0, 0.1) is 76.4 Å². The molecular weight excluding hydrogens is 588 g/mol. The maximum Gasteiger partial charge on any atom is 0.211 e. The fraction of sp³-hybridized carbons (Fsp3) is 0. The number of nitriles is 5. The molecule has 47 heavy (non-hydrogen) atoms. The van der Waals surface area contributed by atoms with E-state index in [1.807, 2.05) is 6.07 Å². The fourth-order valence-electron chi connectivity index (χ4n) is 5.05. The van der Waals surface area contributed by atoms with Crippen molar-refractivity contribution in [2.45, 2.75) is 0 Å². The number of aromatic nitrogens is 2. The van der Waals surface area contributed by atoms with E-state index in [1.54, 1.807) is 36.4 Å². The van der Waals surface area contributed by atoms with Crippen molar-refractivity contribution in [2.24, 2.45) is 0 Å². The molecule has 0 atom stereocenters. The Morgan fingerprint density at radius 2 is 1.38 bits per heavy atom. The van der Waals surface area contributed by atoms with Gasteiger partial charge in [0.1, 0.15) is 35.4 Å². The van der Waals surface area contributed by atoms with E-state index < -0.39 is 57.8 Å². The van der Waals surface area contributed by atoms with Crippen LogP contribution >= 0.6 is 0 Å². The topological polar surface area (TPSA) is 171 Å². The maximum absolute atomic E-state index is 10.2. The van der Waals surface area contributed by atoms with Crippen LogP contribution in [0.15, 0.2) is 65.4 Å². The number of benzene rings is 3. The van der Waals surface area contributed by atoms with Gasteiger partial charge < -0.3 is 4.42 Å². The van der Waals surface area contributed by atoms with Gasteiger partial charge in [0, 0.05) is 45.9 Å². The third-order valence-corrected chi connectivity index (χ3v) is 7.10. The van der Waals surface area contributed by atoms with E-state index in [9.17, 15) is 26.3 Å². The molecule has 210 valence electrons. The van der Waals surface area contributed by atoms with Crippen LogP contribution in [-0.4, -0.2) is 9.97 Å². The molecule has 0 radical (unpaired) electrons.